The zero-order valence-corrected chi connectivity index (χ0v) is 17.4. The van der Waals surface area contributed by atoms with Gasteiger partial charge in [0.05, 0.1) is 19.7 Å². The monoisotopic (exact) mass is 398 g/mol. The molecule has 2 heterocycles. The summed E-state index contributed by atoms with van der Waals surface area (Å²) in [5.74, 6) is 1.51. The first-order valence-corrected chi connectivity index (χ1v) is 10.0. The Kier molecular flexibility index (Phi) is 7.30. The number of benzene rings is 1. The van der Waals surface area contributed by atoms with Gasteiger partial charge < -0.3 is 19.8 Å². The van der Waals surface area contributed by atoms with Crippen LogP contribution < -0.4 is 10.6 Å². The Balaban J connectivity index is 1.59. The highest BCUT2D eigenvalue weighted by Gasteiger charge is 2.23. The van der Waals surface area contributed by atoms with Crippen molar-refractivity contribution in [3.8, 4) is 0 Å². The SMILES string of the molecule is CN=C(NCc1cc(C(=O)OC)c(C)o1)NCC(c1ccccc1)N1CCCC1. The number of aryl methyl sites for hydroxylation is 1. The maximum atomic E-state index is 11.7. The Morgan fingerprint density at radius 3 is 2.62 bits per heavy atom. The largest absolute Gasteiger partial charge is 0.465 e. The number of furan rings is 1. The molecule has 2 aromatic rings. The molecule has 1 aromatic carbocycles. The highest BCUT2D eigenvalue weighted by molar-refractivity contribution is 5.90. The number of hydrogen-bond acceptors (Lipinski definition) is 5. The number of hydrogen-bond donors (Lipinski definition) is 2. The van der Waals surface area contributed by atoms with Crippen molar-refractivity contribution in [1.29, 1.82) is 0 Å². The van der Waals surface area contributed by atoms with E-state index in [1.54, 1.807) is 20.0 Å². The van der Waals surface area contributed by atoms with Crippen LogP contribution in [-0.4, -0.2) is 50.6 Å². The third kappa shape index (κ3) is 5.38. The zero-order valence-electron chi connectivity index (χ0n) is 17.4. The molecule has 29 heavy (non-hydrogen) atoms. The van der Waals surface area contributed by atoms with Crippen LogP contribution >= 0.6 is 0 Å². The number of esters is 1. The van der Waals surface area contributed by atoms with Crippen LogP contribution in [0.3, 0.4) is 0 Å². The van der Waals surface area contributed by atoms with E-state index >= 15 is 0 Å². The fourth-order valence-corrected chi connectivity index (χ4v) is 3.71. The fraction of sp³-hybridized carbons (Fsp3) is 0.455. The van der Waals surface area contributed by atoms with Crippen LogP contribution in [0.4, 0.5) is 0 Å². The van der Waals surface area contributed by atoms with Crippen LogP contribution in [0.25, 0.3) is 0 Å². The molecule has 0 saturated carbocycles. The van der Waals surface area contributed by atoms with Crippen molar-refractivity contribution in [1.82, 2.24) is 15.5 Å². The van der Waals surface area contributed by atoms with Gasteiger partial charge in [0.25, 0.3) is 0 Å². The minimum atomic E-state index is -0.392. The van der Waals surface area contributed by atoms with Gasteiger partial charge in [-0.1, -0.05) is 30.3 Å². The minimum absolute atomic E-state index is 0.300. The van der Waals surface area contributed by atoms with E-state index in [1.807, 2.05) is 6.07 Å². The lowest BCUT2D eigenvalue weighted by atomic mass is 10.1. The summed E-state index contributed by atoms with van der Waals surface area (Å²) in [6.07, 6.45) is 2.49. The summed E-state index contributed by atoms with van der Waals surface area (Å²) < 4.78 is 10.4. The molecule has 7 nitrogen and oxygen atoms in total. The number of likely N-dealkylation sites (tertiary alicyclic amines) is 1. The zero-order chi connectivity index (χ0) is 20.6. The number of rotatable bonds is 7. The molecule has 1 aliphatic rings. The van der Waals surface area contributed by atoms with Gasteiger partial charge in [0, 0.05) is 13.6 Å². The smallest absolute Gasteiger partial charge is 0.341 e. The molecule has 1 fully saturated rings. The van der Waals surface area contributed by atoms with E-state index in [0.717, 1.165) is 19.6 Å². The minimum Gasteiger partial charge on any atom is -0.465 e. The first kappa shape index (κ1) is 20.9. The molecule has 1 aliphatic heterocycles. The summed E-state index contributed by atoms with van der Waals surface area (Å²) in [6, 6.07) is 12.6. The first-order chi connectivity index (χ1) is 14.1. The quantitative estimate of drug-likeness (QED) is 0.424. The summed E-state index contributed by atoms with van der Waals surface area (Å²) in [5, 5.41) is 6.69. The van der Waals surface area contributed by atoms with Gasteiger partial charge in [0.15, 0.2) is 5.96 Å². The average molecular weight is 399 g/mol. The van der Waals surface area contributed by atoms with Crippen LogP contribution in [0.15, 0.2) is 45.8 Å². The van der Waals surface area contributed by atoms with Crippen molar-refractivity contribution in [2.75, 3.05) is 33.8 Å². The van der Waals surface area contributed by atoms with Gasteiger partial charge in [0.1, 0.15) is 17.1 Å². The van der Waals surface area contributed by atoms with E-state index in [-0.39, 0.29) is 0 Å². The fourth-order valence-electron chi connectivity index (χ4n) is 3.71. The van der Waals surface area contributed by atoms with Crippen LogP contribution in [0.2, 0.25) is 0 Å². The summed E-state index contributed by atoms with van der Waals surface area (Å²) >= 11 is 0. The molecular weight excluding hydrogens is 368 g/mol. The molecule has 1 aromatic heterocycles. The lowest BCUT2D eigenvalue weighted by molar-refractivity contribution is 0.0599. The van der Waals surface area contributed by atoms with Crippen molar-refractivity contribution < 1.29 is 13.9 Å². The van der Waals surface area contributed by atoms with Crippen LogP contribution in [0.1, 0.15) is 46.3 Å². The number of carbonyl (C=O) groups is 1. The Morgan fingerprint density at radius 1 is 1.24 bits per heavy atom. The molecule has 7 heteroatoms. The summed E-state index contributed by atoms with van der Waals surface area (Å²) in [4.78, 5) is 18.6. The van der Waals surface area contributed by atoms with Gasteiger partial charge in [-0.25, -0.2) is 4.79 Å². The predicted octanol–water partition coefficient (Wildman–Crippen LogP) is 2.88. The molecule has 0 bridgehead atoms. The lowest BCUT2D eigenvalue weighted by Crippen LogP contribution is -2.42. The normalized spacial score (nSPS) is 15.9. The van der Waals surface area contributed by atoms with E-state index in [1.165, 1.54) is 25.5 Å². The number of ether oxygens (including phenoxy) is 1. The molecule has 0 aliphatic carbocycles. The molecule has 1 unspecified atom stereocenters. The Bertz CT molecular complexity index is 826. The highest BCUT2D eigenvalue weighted by Crippen LogP contribution is 2.24. The molecule has 3 rings (SSSR count). The summed E-state index contributed by atoms with van der Waals surface area (Å²) in [7, 11) is 3.11. The number of nitrogens with zero attached hydrogens (tertiary/aromatic N) is 2. The van der Waals surface area contributed by atoms with Crippen LogP contribution in [0, 0.1) is 6.92 Å². The molecular formula is C22H30N4O3. The first-order valence-electron chi connectivity index (χ1n) is 10.0. The van der Waals surface area contributed by atoms with Crippen molar-refractivity contribution in [2.24, 2.45) is 4.99 Å². The van der Waals surface area contributed by atoms with E-state index in [2.05, 4.69) is 44.8 Å². The van der Waals surface area contributed by atoms with Crippen molar-refractivity contribution in [3.05, 3.63) is 59.0 Å². The van der Waals surface area contributed by atoms with Crippen LogP contribution in [-0.2, 0) is 11.3 Å². The van der Waals surface area contributed by atoms with Gasteiger partial charge in [-0.15, -0.1) is 0 Å². The van der Waals surface area contributed by atoms with E-state index < -0.39 is 5.97 Å². The maximum absolute atomic E-state index is 11.7. The predicted molar refractivity (Wildman–Crippen MR) is 113 cm³/mol. The topological polar surface area (TPSA) is 79.1 Å². The number of methoxy groups -OCH3 is 1. The number of nitrogens with one attached hydrogen (secondary N) is 2. The van der Waals surface area contributed by atoms with E-state index in [4.69, 9.17) is 9.15 Å². The summed E-state index contributed by atoms with van der Waals surface area (Å²) in [6.45, 7) is 5.18. The second-order valence-electron chi connectivity index (χ2n) is 7.15. The van der Waals surface area contributed by atoms with Gasteiger partial charge in [-0.05, 0) is 44.5 Å². The van der Waals surface area contributed by atoms with Crippen molar-refractivity contribution in [3.63, 3.8) is 0 Å². The maximum Gasteiger partial charge on any atom is 0.341 e. The van der Waals surface area contributed by atoms with E-state index in [9.17, 15) is 4.79 Å². The second-order valence-corrected chi connectivity index (χ2v) is 7.15. The van der Waals surface area contributed by atoms with Crippen molar-refractivity contribution >= 4 is 11.9 Å². The Hall–Kier alpha value is -2.80. The second kappa shape index (κ2) is 10.1. The highest BCUT2D eigenvalue weighted by atomic mass is 16.5. The third-order valence-electron chi connectivity index (χ3n) is 5.26. The van der Waals surface area contributed by atoms with Crippen LogP contribution in [0.5, 0.6) is 0 Å². The molecule has 0 spiro atoms. The summed E-state index contributed by atoms with van der Waals surface area (Å²) in [5.41, 5.74) is 1.76. The van der Waals surface area contributed by atoms with Gasteiger partial charge in [0.2, 0.25) is 0 Å². The molecule has 1 atom stereocenters. The molecule has 2 N–H and O–H groups in total. The molecule has 156 valence electrons. The van der Waals surface area contributed by atoms with Crippen molar-refractivity contribution in [2.45, 2.75) is 32.4 Å². The lowest BCUT2D eigenvalue weighted by Gasteiger charge is -2.28. The number of guanidine groups is 1. The van der Waals surface area contributed by atoms with Gasteiger partial charge in [-0.2, -0.15) is 0 Å². The molecule has 0 amide bonds. The number of aliphatic imine (C=N–C) groups is 1. The average Bonchev–Trinajstić information content (AvgIpc) is 3.40. The third-order valence-corrected chi connectivity index (χ3v) is 5.26. The van der Waals surface area contributed by atoms with Gasteiger partial charge >= 0.3 is 5.97 Å². The van der Waals surface area contributed by atoms with E-state index in [0.29, 0.717) is 35.6 Å². The number of carbonyl (C=O) groups excluding carboxylic acids is 1. The molecule has 0 radical (unpaired) electrons. The van der Waals surface area contributed by atoms with Gasteiger partial charge in [-0.3, -0.25) is 9.89 Å². The Labute approximate surface area is 172 Å². The standard InChI is InChI=1S/C22H30N4O3/c1-16-19(21(27)28-3)13-18(29-16)14-24-22(23-2)25-15-20(26-11-7-8-12-26)17-9-5-4-6-10-17/h4-6,9-10,13,20H,7-8,11-12,14-15H2,1-3H3,(H2,23,24,25). The Morgan fingerprint density at radius 2 is 1.97 bits per heavy atom. The molecule has 1 saturated heterocycles.